The fraction of sp³-hybridized carbons (Fsp3) is 0.235. The second-order valence-electron chi connectivity index (χ2n) is 4.93. The zero-order chi connectivity index (χ0) is 14.5. The van der Waals surface area contributed by atoms with Crippen molar-refractivity contribution in [3.8, 4) is 0 Å². The van der Waals surface area contributed by atoms with Gasteiger partial charge in [-0.3, -0.25) is 4.79 Å². The molecule has 0 aromatic heterocycles. The summed E-state index contributed by atoms with van der Waals surface area (Å²) in [4.78, 5) is 11.4. The Morgan fingerprint density at radius 1 is 1.00 bits per heavy atom. The SMILES string of the molecule is CNC(=O)c1ccc(CNc2ccc(C)c(C)c2)cc1. The highest BCUT2D eigenvalue weighted by Crippen LogP contribution is 2.15. The van der Waals surface area contributed by atoms with E-state index in [0.717, 1.165) is 17.8 Å². The quantitative estimate of drug-likeness (QED) is 0.893. The van der Waals surface area contributed by atoms with Crippen LogP contribution in [0.1, 0.15) is 27.0 Å². The summed E-state index contributed by atoms with van der Waals surface area (Å²) in [7, 11) is 1.64. The van der Waals surface area contributed by atoms with E-state index in [1.807, 2.05) is 24.3 Å². The van der Waals surface area contributed by atoms with Crippen LogP contribution in [-0.2, 0) is 6.54 Å². The van der Waals surface area contributed by atoms with Gasteiger partial charge >= 0.3 is 0 Å². The van der Waals surface area contributed by atoms with Gasteiger partial charge < -0.3 is 10.6 Å². The summed E-state index contributed by atoms with van der Waals surface area (Å²) >= 11 is 0. The average molecular weight is 268 g/mol. The van der Waals surface area contributed by atoms with Gasteiger partial charge in [-0.25, -0.2) is 0 Å². The zero-order valence-electron chi connectivity index (χ0n) is 12.2. The third-order valence-electron chi connectivity index (χ3n) is 3.45. The first-order valence-corrected chi connectivity index (χ1v) is 6.72. The van der Waals surface area contributed by atoms with Crippen LogP contribution in [-0.4, -0.2) is 13.0 Å². The van der Waals surface area contributed by atoms with Gasteiger partial charge in [-0.15, -0.1) is 0 Å². The van der Waals surface area contributed by atoms with Crippen LogP contribution < -0.4 is 10.6 Å². The van der Waals surface area contributed by atoms with E-state index in [4.69, 9.17) is 0 Å². The Hall–Kier alpha value is -2.29. The molecule has 0 unspecified atom stereocenters. The molecule has 20 heavy (non-hydrogen) atoms. The number of benzene rings is 2. The molecule has 2 N–H and O–H groups in total. The average Bonchev–Trinajstić information content (AvgIpc) is 2.48. The molecule has 1 amide bonds. The first-order valence-electron chi connectivity index (χ1n) is 6.72. The molecular formula is C17H20N2O. The molecule has 3 nitrogen and oxygen atoms in total. The molecule has 0 aliphatic heterocycles. The molecule has 2 aromatic carbocycles. The van der Waals surface area contributed by atoms with Crippen LogP contribution in [0.3, 0.4) is 0 Å². The van der Waals surface area contributed by atoms with Crippen molar-refractivity contribution >= 4 is 11.6 Å². The van der Waals surface area contributed by atoms with E-state index in [-0.39, 0.29) is 5.91 Å². The van der Waals surface area contributed by atoms with Crippen LogP contribution in [0.2, 0.25) is 0 Å². The summed E-state index contributed by atoms with van der Waals surface area (Å²) in [5, 5.41) is 6.01. The van der Waals surface area contributed by atoms with E-state index in [2.05, 4.69) is 42.7 Å². The van der Waals surface area contributed by atoms with Crippen molar-refractivity contribution in [2.75, 3.05) is 12.4 Å². The Kier molecular flexibility index (Phi) is 4.41. The van der Waals surface area contributed by atoms with Crippen molar-refractivity contribution < 1.29 is 4.79 Å². The van der Waals surface area contributed by atoms with Crippen LogP contribution in [0.25, 0.3) is 0 Å². The summed E-state index contributed by atoms with van der Waals surface area (Å²) in [6, 6.07) is 14.0. The minimum absolute atomic E-state index is 0.0568. The van der Waals surface area contributed by atoms with E-state index in [1.165, 1.54) is 11.1 Å². The molecular weight excluding hydrogens is 248 g/mol. The predicted octanol–water partition coefficient (Wildman–Crippen LogP) is 3.28. The number of amides is 1. The Bertz CT molecular complexity index is 603. The summed E-state index contributed by atoms with van der Waals surface area (Å²) in [5.41, 5.74) is 5.53. The van der Waals surface area contributed by atoms with Crippen molar-refractivity contribution in [1.82, 2.24) is 5.32 Å². The van der Waals surface area contributed by atoms with Crippen LogP contribution in [0.5, 0.6) is 0 Å². The van der Waals surface area contributed by atoms with Crippen LogP contribution in [0.15, 0.2) is 42.5 Å². The van der Waals surface area contributed by atoms with Crippen molar-refractivity contribution in [2.45, 2.75) is 20.4 Å². The first kappa shape index (κ1) is 14.1. The highest BCUT2D eigenvalue weighted by atomic mass is 16.1. The number of anilines is 1. The molecule has 0 heterocycles. The van der Waals surface area contributed by atoms with Gasteiger partial charge in [0.05, 0.1) is 0 Å². The lowest BCUT2D eigenvalue weighted by atomic mass is 10.1. The van der Waals surface area contributed by atoms with E-state index in [1.54, 1.807) is 7.05 Å². The molecule has 104 valence electrons. The molecule has 0 spiro atoms. The monoisotopic (exact) mass is 268 g/mol. The van der Waals surface area contributed by atoms with E-state index in [9.17, 15) is 4.79 Å². The fourth-order valence-electron chi connectivity index (χ4n) is 1.97. The molecule has 0 radical (unpaired) electrons. The first-order chi connectivity index (χ1) is 9.60. The molecule has 0 aliphatic carbocycles. The lowest BCUT2D eigenvalue weighted by Gasteiger charge is -2.09. The Morgan fingerprint density at radius 2 is 1.70 bits per heavy atom. The van der Waals surface area contributed by atoms with Crippen molar-refractivity contribution in [3.05, 3.63) is 64.7 Å². The van der Waals surface area contributed by atoms with Crippen molar-refractivity contribution in [2.24, 2.45) is 0 Å². The number of rotatable bonds is 4. The number of carbonyl (C=O) groups excluding carboxylic acids is 1. The van der Waals surface area contributed by atoms with Crippen molar-refractivity contribution in [3.63, 3.8) is 0 Å². The van der Waals surface area contributed by atoms with Gasteiger partial charge in [0.1, 0.15) is 0 Å². The summed E-state index contributed by atoms with van der Waals surface area (Å²) in [6.07, 6.45) is 0. The minimum atomic E-state index is -0.0568. The summed E-state index contributed by atoms with van der Waals surface area (Å²) in [6.45, 7) is 4.96. The number of aryl methyl sites for hydroxylation is 2. The van der Waals surface area contributed by atoms with E-state index >= 15 is 0 Å². The van der Waals surface area contributed by atoms with Gasteiger partial charge in [0, 0.05) is 24.8 Å². The van der Waals surface area contributed by atoms with Gasteiger partial charge in [-0.2, -0.15) is 0 Å². The highest BCUT2D eigenvalue weighted by molar-refractivity contribution is 5.93. The van der Waals surface area contributed by atoms with Crippen LogP contribution >= 0.6 is 0 Å². The standard InChI is InChI=1S/C17H20N2O/c1-12-4-9-16(10-13(12)2)19-11-14-5-7-15(8-6-14)17(20)18-3/h4-10,19H,11H2,1-3H3,(H,18,20). The number of hydrogen-bond acceptors (Lipinski definition) is 2. The largest absolute Gasteiger partial charge is 0.381 e. The fourth-order valence-corrected chi connectivity index (χ4v) is 1.97. The summed E-state index contributed by atoms with van der Waals surface area (Å²) < 4.78 is 0. The van der Waals surface area contributed by atoms with E-state index < -0.39 is 0 Å². The number of hydrogen-bond donors (Lipinski definition) is 2. The Balaban J connectivity index is 2.00. The van der Waals surface area contributed by atoms with Crippen LogP contribution in [0.4, 0.5) is 5.69 Å². The second kappa shape index (κ2) is 6.24. The molecule has 0 aliphatic rings. The minimum Gasteiger partial charge on any atom is -0.381 e. The second-order valence-corrected chi connectivity index (χ2v) is 4.93. The Morgan fingerprint density at radius 3 is 2.30 bits per heavy atom. The molecule has 0 saturated carbocycles. The van der Waals surface area contributed by atoms with Gasteiger partial charge in [0.15, 0.2) is 0 Å². The maximum atomic E-state index is 11.4. The topological polar surface area (TPSA) is 41.1 Å². The van der Waals surface area contributed by atoms with Gasteiger partial charge in [-0.1, -0.05) is 18.2 Å². The third kappa shape index (κ3) is 3.38. The van der Waals surface area contributed by atoms with Crippen molar-refractivity contribution in [1.29, 1.82) is 0 Å². The number of carbonyl (C=O) groups is 1. The third-order valence-corrected chi connectivity index (χ3v) is 3.45. The smallest absolute Gasteiger partial charge is 0.251 e. The lowest BCUT2D eigenvalue weighted by molar-refractivity contribution is 0.0963. The van der Waals surface area contributed by atoms with E-state index in [0.29, 0.717) is 5.56 Å². The molecule has 0 atom stereocenters. The van der Waals surface area contributed by atoms with Gasteiger partial charge in [0.25, 0.3) is 5.91 Å². The molecule has 2 rings (SSSR count). The van der Waals surface area contributed by atoms with Gasteiger partial charge in [0.2, 0.25) is 0 Å². The highest BCUT2D eigenvalue weighted by Gasteiger charge is 2.02. The molecule has 2 aromatic rings. The molecule has 0 bridgehead atoms. The predicted molar refractivity (Wildman–Crippen MR) is 83.1 cm³/mol. The number of nitrogens with one attached hydrogen (secondary N) is 2. The zero-order valence-corrected chi connectivity index (χ0v) is 12.2. The summed E-state index contributed by atoms with van der Waals surface area (Å²) in [5.74, 6) is -0.0568. The van der Waals surface area contributed by atoms with Gasteiger partial charge in [-0.05, 0) is 54.8 Å². The molecule has 3 heteroatoms. The normalized spacial score (nSPS) is 10.2. The van der Waals surface area contributed by atoms with Crippen LogP contribution in [0, 0.1) is 13.8 Å². The maximum Gasteiger partial charge on any atom is 0.251 e. The molecule has 0 fully saturated rings. The lowest BCUT2D eigenvalue weighted by Crippen LogP contribution is -2.17. The maximum absolute atomic E-state index is 11.4. The molecule has 0 saturated heterocycles. The Labute approximate surface area is 120 Å².